The second-order valence-electron chi connectivity index (χ2n) is 4.38. The Morgan fingerprint density at radius 3 is 2.45 bits per heavy atom. The minimum absolute atomic E-state index is 0.216. The zero-order valence-corrected chi connectivity index (χ0v) is 12.4. The molecule has 7 nitrogen and oxygen atoms in total. The molecule has 1 amide bonds. The number of carbonyl (C=O) groups is 1. The van der Waals surface area contributed by atoms with Crippen LogP contribution in [0.5, 0.6) is 11.5 Å². The van der Waals surface area contributed by atoms with Crippen LogP contribution in [0.15, 0.2) is 41.3 Å². The first kappa shape index (κ1) is 15.6. The Hall–Kier alpha value is -2.83. The monoisotopic (exact) mass is 303 g/mol. The average molecular weight is 303 g/mol. The lowest BCUT2D eigenvalue weighted by Gasteiger charge is -2.13. The average Bonchev–Trinajstić information content (AvgIpc) is 2.55. The predicted molar refractivity (Wildman–Crippen MR) is 80.4 cm³/mol. The molecule has 7 heteroatoms. The molecule has 0 aliphatic heterocycles. The van der Waals surface area contributed by atoms with E-state index in [1.807, 2.05) is 0 Å². The largest absolute Gasteiger partial charge is 0.496 e. The first-order valence-corrected chi connectivity index (χ1v) is 6.68. The summed E-state index contributed by atoms with van der Waals surface area (Å²) in [6, 6.07) is 8.08. The Balaban J connectivity index is 2.07. The number of hydrogen-bond donors (Lipinski definition) is 1. The summed E-state index contributed by atoms with van der Waals surface area (Å²) < 4.78 is 11.6. The van der Waals surface area contributed by atoms with Crippen LogP contribution in [0.1, 0.15) is 10.4 Å². The number of carbonyl (C=O) groups excluding carboxylic acids is 1. The van der Waals surface area contributed by atoms with Gasteiger partial charge in [-0.3, -0.25) is 9.59 Å². The summed E-state index contributed by atoms with van der Waals surface area (Å²) in [6.45, 7) is 0.542. The van der Waals surface area contributed by atoms with Gasteiger partial charge in [0.15, 0.2) is 0 Å². The van der Waals surface area contributed by atoms with Crippen molar-refractivity contribution in [1.82, 2.24) is 15.1 Å². The molecule has 116 valence electrons. The molecule has 0 aliphatic rings. The van der Waals surface area contributed by atoms with Crippen LogP contribution in [-0.2, 0) is 6.54 Å². The number of rotatable bonds is 6. The number of nitrogens with one attached hydrogen (secondary N) is 1. The van der Waals surface area contributed by atoms with Crippen LogP contribution >= 0.6 is 0 Å². The van der Waals surface area contributed by atoms with Gasteiger partial charge in [0, 0.05) is 18.8 Å². The Morgan fingerprint density at radius 2 is 1.86 bits per heavy atom. The highest BCUT2D eigenvalue weighted by Gasteiger charge is 2.17. The quantitative estimate of drug-likeness (QED) is 0.849. The molecular formula is C15H17N3O4. The smallest absolute Gasteiger partial charge is 0.266 e. The van der Waals surface area contributed by atoms with Crippen LogP contribution in [0.3, 0.4) is 0 Å². The van der Waals surface area contributed by atoms with E-state index in [1.165, 1.54) is 31.2 Å². The molecule has 0 unspecified atom stereocenters. The fraction of sp³-hybridized carbons (Fsp3) is 0.267. The van der Waals surface area contributed by atoms with Crippen molar-refractivity contribution >= 4 is 5.91 Å². The van der Waals surface area contributed by atoms with Gasteiger partial charge in [0.1, 0.15) is 17.1 Å². The number of hydrogen-bond acceptors (Lipinski definition) is 5. The summed E-state index contributed by atoms with van der Waals surface area (Å²) in [6.07, 6.45) is 1.52. The fourth-order valence-electron chi connectivity index (χ4n) is 1.99. The second-order valence-corrected chi connectivity index (χ2v) is 4.38. The minimum Gasteiger partial charge on any atom is -0.496 e. The molecule has 0 bridgehead atoms. The molecule has 1 aromatic heterocycles. The number of amides is 1. The van der Waals surface area contributed by atoms with Crippen molar-refractivity contribution in [2.45, 2.75) is 6.54 Å². The molecule has 1 N–H and O–H groups in total. The normalized spacial score (nSPS) is 10.1. The van der Waals surface area contributed by atoms with Crippen molar-refractivity contribution in [3.63, 3.8) is 0 Å². The zero-order chi connectivity index (χ0) is 15.9. The maximum Gasteiger partial charge on any atom is 0.266 e. The van der Waals surface area contributed by atoms with Gasteiger partial charge in [0.05, 0.1) is 20.8 Å². The number of methoxy groups -OCH3 is 2. The summed E-state index contributed by atoms with van der Waals surface area (Å²) >= 11 is 0. The third kappa shape index (κ3) is 3.43. The van der Waals surface area contributed by atoms with E-state index in [0.717, 1.165) is 0 Å². The van der Waals surface area contributed by atoms with Gasteiger partial charge < -0.3 is 14.8 Å². The van der Waals surface area contributed by atoms with Crippen LogP contribution in [0.2, 0.25) is 0 Å². The van der Waals surface area contributed by atoms with E-state index in [4.69, 9.17) is 9.47 Å². The number of ether oxygens (including phenoxy) is 2. The van der Waals surface area contributed by atoms with Crippen LogP contribution in [0, 0.1) is 0 Å². The SMILES string of the molecule is COc1cccc(OC)c1C(=O)NCCn1ncccc1=O. The van der Waals surface area contributed by atoms with Gasteiger partial charge in [0.25, 0.3) is 11.5 Å². The minimum atomic E-state index is -0.335. The highest BCUT2D eigenvalue weighted by Crippen LogP contribution is 2.27. The van der Waals surface area contributed by atoms with Gasteiger partial charge in [-0.1, -0.05) is 6.07 Å². The summed E-state index contributed by atoms with van der Waals surface area (Å²) in [4.78, 5) is 23.8. The van der Waals surface area contributed by atoms with E-state index >= 15 is 0 Å². The van der Waals surface area contributed by atoms with E-state index in [-0.39, 0.29) is 24.6 Å². The van der Waals surface area contributed by atoms with Crippen molar-refractivity contribution in [2.24, 2.45) is 0 Å². The maximum absolute atomic E-state index is 12.3. The molecule has 1 aromatic carbocycles. The third-order valence-electron chi connectivity index (χ3n) is 3.05. The lowest BCUT2D eigenvalue weighted by Crippen LogP contribution is -2.32. The Labute approximate surface area is 127 Å². The molecule has 0 saturated carbocycles. The number of nitrogens with zero attached hydrogens (tertiary/aromatic N) is 2. The zero-order valence-electron chi connectivity index (χ0n) is 12.4. The highest BCUT2D eigenvalue weighted by atomic mass is 16.5. The van der Waals surface area contributed by atoms with Crippen molar-refractivity contribution in [3.05, 3.63) is 52.4 Å². The first-order chi connectivity index (χ1) is 10.7. The van der Waals surface area contributed by atoms with E-state index in [0.29, 0.717) is 17.1 Å². The second kappa shape index (κ2) is 7.26. The van der Waals surface area contributed by atoms with Crippen LogP contribution in [0.25, 0.3) is 0 Å². The summed E-state index contributed by atoms with van der Waals surface area (Å²) in [7, 11) is 2.97. The molecule has 0 fully saturated rings. The number of benzene rings is 1. The molecule has 0 saturated heterocycles. The molecule has 0 aliphatic carbocycles. The van der Waals surface area contributed by atoms with Crippen LogP contribution < -0.4 is 20.3 Å². The lowest BCUT2D eigenvalue weighted by molar-refractivity contribution is 0.0945. The predicted octanol–water partition coefficient (Wildman–Crippen LogP) is 0.690. The molecule has 0 spiro atoms. The lowest BCUT2D eigenvalue weighted by atomic mass is 10.1. The topological polar surface area (TPSA) is 82.4 Å². The van der Waals surface area contributed by atoms with Gasteiger partial charge in [-0.25, -0.2) is 4.68 Å². The highest BCUT2D eigenvalue weighted by molar-refractivity contribution is 5.99. The van der Waals surface area contributed by atoms with E-state index in [9.17, 15) is 9.59 Å². The van der Waals surface area contributed by atoms with Crippen LogP contribution in [-0.4, -0.2) is 36.5 Å². The van der Waals surface area contributed by atoms with Crippen molar-refractivity contribution in [2.75, 3.05) is 20.8 Å². The van der Waals surface area contributed by atoms with Crippen LogP contribution in [0.4, 0.5) is 0 Å². The van der Waals surface area contributed by atoms with E-state index in [1.54, 1.807) is 24.3 Å². The molecule has 22 heavy (non-hydrogen) atoms. The first-order valence-electron chi connectivity index (χ1n) is 6.68. The molecular weight excluding hydrogens is 286 g/mol. The van der Waals surface area contributed by atoms with E-state index < -0.39 is 0 Å². The third-order valence-corrected chi connectivity index (χ3v) is 3.05. The van der Waals surface area contributed by atoms with E-state index in [2.05, 4.69) is 10.4 Å². The fourth-order valence-corrected chi connectivity index (χ4v) is 1.99. The van der Waals surface area contributed by atoms with Gasteiger partial charge in [-0.05, 0) is 18.2 Å². The number of aromatic nitrogens is 2. The molecule has 0 radical (unpaired) electrons. The molecule has 0 atom stereocenters. The molecule has 2 rings (SSSR count). The van der Waals surface area contributed by atoms with Gasteiger partial charge in [-0.2, -0.15) is 5.10 Å². The maximum atomic E-state index is 12.3. The van der Waals surface area contributed by atoms with Crippen molar-refractivity contribution in [1.29, 1.82) is 0 Å². The standard InChI is InChI=1S/C15H17N3O4/c1-21-11-5-3-6-12(22-2)14(11)15(20)16-9-10-18-13(19)7-4-8-17-18/h3-8H,9-10H2,1-2H3,(H,16,20). The van der Waals surface area contributed by atoms with Crippen molar-refractivity contribution < 1.29 is 14.3 Å². The Bertz CT molecular complexity index is 690. The summed E-state index contributed by atoms with van der Waals surface area (Å²) in [5.41, 5.74) is 0.104. The Kier molecular flexibility index (Phi) is 5.13. The molecule has 1 heterocycles. The van der Waals surface area contributed by atoms with Gasteiger partial charge in [0.2, 0.25) is 0 Å². The van der Waals surface area contributed by atoms with Gasteiger partial charge in [-0.15, -0.1) is 0 Å². The molecule has 2 aromatic rings. The Morgan fingerprint density at radius 1 is 1.18 bits per heavy atom. The summed E-state index contributed by atoms with van der Waals surface area (Å²) in [5.74, 6) is 0.511. The van der Waals surface area contributed by atoms with Gasteiger partial charge >= 0.3 is 0 Å². The summed E-state index contributed by atoms with van der Waals surface area (Å²) in [5, 5.41) is 6.64. The van der Waals surface area contributed by atoms with Crippen molar-refractivity contribution in [3.8, 4) is 11.5 Å².